The fraction of sp³-hybridized carbons (Fsp3) is 0.333. The first-order chi connectivity index (χ1) is 13.3. The van der Waals surface area contributed by atoms with Crippen molar-refractivity contribution in [2.45, 2.75) is 44.7 Å². The lowest BCUT2D eigenvalue weighted by atomic mass is 9.83. The highest BCUT2D eigenvalue weighted by Gasteiger charge is 2.55. The predicted molar refractivity (Wildman–Crippen MR) is 115 cm³/mol. The third kappa shape index (κ3) is 3.29. The number of carbonyl (C=O) groups is 1. The third-order valence-corrected chi connectivity index (χ3v) is 4.92. The lowest BCUT2D eigenvalue weighted by molar-refractivity contribution is -0.126. The highest BCUT2D eigenvalue weighted by Crippen LogP contribution is 2.51. The van der Waals surface area contributed by atoms with E-state index < -0.39 is 11.1 Å². The van der Waals surface area contributed by atoms with Crippen molar-refractivity contribution < 1.29 is 4.79 Å². The molecule has 0 spiro atoms. The van der Waals surface area contributed by atoms with E-state index in [0.29, 0.717) is 18.7 Å². The lowest BCUT2D eigenvalue weighted by Crippen LogP contribution is -2.58. The minimum Gasteiger partial charge on any atom is -0.349 e. The fourth-order valence-corrected chi connectivity index (χ4v) is 3.81. The van der Waals surface area contributed by atoms with Gasteiger partial charge in [0, 0.05) is 36.0 Å². The Bertz CT molecular complexity index is 921. The molecule has 0 saturated heterocycles. The molecule has 1 amide bonds. The van der Waals surface area contributed by atoms with Crippen LogP contribution < -0.4 is 10.2 Å². The number of nitrogens with one attached hydrogen (secondary N) is 1. The van der Waals surface area contributed by atoms with E-state index in [1.807, 2.05) is 63.2 Å². The molecular formula is C24H27N3O. The number of para-hydroxylation sites is 1. The molecular weight excluding hydrogens is 346 g/mol. The number of hydrogen-bond acceptors (Lipinski definition) is 3. The van der Waals surface area contributed by atoms with Crippen LogP contribution in [0.3, 0.4) is 0 Å². The quantitative estimate of drug-likeness (QED) is 0.633. The summed E-state index contributed by atoms with van der Waals surface area (Å²) in [5, 5.41) is 3.16. The molecule has 1 N–H and O–H groups in total. The molecule has 2 aromatic rings. The number of rotatable bonds is 5. The minimum atomic E-state index is -1.10. The van der Waals surface area contributed by atoms with Gasteiger partial charge in [-0.2, -0.15) is 0 Å². The molecule has 1 aliphatic rings. The van der Waals surface area contributed by atoms with E-state index in [4.69, 9.17) is 6.42 Å². The molecule has 1 aromatic carbocycles. The van der Waals surface area contributed by atoms with Gasteiger partial charge in [-0.1, -0.05) is 30.8 Å². The van der Waals surface area contributed by atoms with Gasteiger partial charge in [-0.25, -0.2) is 0 Å². The molecule has 1 atom stereocenters. The third-order valence-electron chi connectivity index (χ3n) is 4.92. The minimum absolute atomic E-state index is 0.124. The summed E-state index contributed by atoms with van der Waals surface area (Å²) < 4.78 is 0. The molecule has 1 aromatic heterocycles. The summed E-state index contributed by atoms with van der Waals surface area (Å²) in [5.41, 5.74) is 1.87. The fourth-order valence-electron chi connectivity index (χ4n) is 3.81. The highest BCUT2D eigenvalue weighted by atomic mass is 16.2. The average molecular weight is 374 g/mol. The maximum atomic E-state index is 13.8. The number of benzene rings is 1. The van der Waals surface area contributed by atoms with Crippen LogP contribution in [0.2, 0.25) is 0 Å². The van der Waals surface area contributed by atoms with Crippen LogP contribution in [0, 0.1) is 12.3 Å². The summed E-state index contributed by atoms with van der Waals surface area (Å²) in [6.45, 7) is 10.9. The Morgan fingerprint density at radius 2 is 1.96 bits per heavy atom. The normalized spacial score (nSPS) is 18.5. The largest absolute Gasteiger partial charge is 0.349 e. The summed E-state index contributed by atoms with van der Waals surface area (Å²) >= 11 is 0. The molecule has 1 aliphatic heterocycles. The second-order valence-electron chi connectivity index (χ2n) is 8.08. The van der Waals surface area contributed by atoms with Gasteiger partial charge in [0.25, 0.3) is 5.91 Å². The van der Waals surface area contributed by atoms with Crippen molar-refractivity contribution in [1.29, 1.82) is 0 Å². The van der Waals surface area contributed by atoms with Crippen molar-refractivity contribution >= 4 is 17.2 Å². The predicted octanol–water partition coefficient (Wildman–Crippen LogP) is 4.14. The second kappa shape index (κ2) is 7.52. The monoisotopic (exact) mass is 373 g/mol. The number of carbonyl (C=O) groups excluding carboxylic acids is 1. The number of anilines is 1. The van der Waals surface area contributed by atoms with E-state index in [9.17, 15) is 4.79 Å². The van der Waals surface area contributed by atoms with E-state index in [0.717, 1.165) is 23.2 Å². The molecule has 144 valence electrons. The van der Waals surface area contributed by atoms with Gasteiger partial charge in [0.2, 0.25) is 0 Å². The number of terminal acetylenes is 1. The van der Waals surface area contributed by atoms with Crippen LogP contribution in [0.25, 0.3) is 5.57 Å². The standard InChI is InChI=1S/C24H27N3O/c1-6-7-12-17-27-20-14-9-8-13-19(20)18(2)24(27,21-15-10-11-16-25-21)22(28)26-23(3,4)5/h1,8-11,13-16H,2,7,12,17H2,3-5H3,(H,26,28). The Morgan fingerprint density at radius 3 is 2.61 bits per heavy atom. The van der Waals surface area contributed by atoms with E-state index in [1.54, 1.807) is 6.20 Å². The van der Waals surface area contributed by atoms with Crippen LogP contribution in [0.5, 0.6) is 0 Å². The number of nitrogens with zero attached hydrogens (tertiary/aromatic N) is 2. The molecule has 1 unspecified atom stereocenters. The Balaban J connectivity index is 2.22. The topological polar surface area (TPSA) is 45.2 Å². The van der Waals surface area contributed by atoms with E-state index in [2.05, 4.69) is 27.7 Å². The molecule has 0 aliphatic carbocycles. The van der Waals surface area contributed by atoms with Gasteiger partial charge in [0.15, 0.2) is 5.54 Å². The molecule has 0 radical (unpaired) electrons. The van der Waals surface area contributed by atoms with Crippen molar-refractivity contribution in [3.63, 3.8) is 0 Å². The zero-order valence-electron chi connectivity index (χ0n) is 16.8. The summed E-state index contributed by atoms with van der Waals surface area (Å²) in [5.74, 6) is 2.57. The number of amides is 1. The van der Waals surface area contributed by atoms with Gasteiger partial charge in [0.05, 0.1) is 5.69 Å². The van der Waals surface area contributed by atoms with Crippen LogP contribution in [0.4, 0.5) is 5.69 Å². The first-order valence-corrected chi connectivity index (χ1v) is 9.56. The first-order valence-electron chi connectivity index (χ1n) is 9.56. The molecule has 0 bridgehead atoms. The lowest BCUT2D eigenvalue weighted by Gasteiger charge is -2.41. The van der Waals surface area contributed by atoms with Crippen molar-refractivity contribution in [3.05, 3.63) is 66.5 Å². The Hall–Kier alpha value is -3.06. The zero-order chi connectivity index (χ0) is 20.4. The van der Waals surface area contributed by atoms with Gasteiger partial charge in [-0.15, -0.1) is 12.3 Å². The average Bonchev–Trinajstić information content (AvgIpc) is 2.91. The number of fused-ring (bicyclic) bond motifs is 1. The van der Waals surface area contributed by atoms with Crippen LogP contribution >= 0.6 is 0 Å². The molecule has 0 saturated carbocycles. The van der Waals surface area contributed by atoms with Crippen molar-refractivity contribution in [3.8, 4) is 12.3 Å². The van der Waals surface area contributed by atoms with Crippen molar-refractivity contribution in [2.75, 3.05) is 11.4 Å². The van der Waals surface area contributed by atoms with Gasteiger partial charge in [-0.05, 0) is 51.0 Å². The Kier molecular flexibility index (Phi) is 5.29. The zero-order valence-corrected chi connectivity index (χ0v) is 16.8. The van der Waals surface area contributed by atoms with Crippen LogP contribution in [0.15, 0.2) is 55.2 Å². The number of unbranched alkanes of at least 4 members (excludes halogenated alkanes) is 1. The van der Waals surface area contributed by atoms with Crippen LogP contribution in [0.1, 0.15) is 44.9 Å². The van der Waals surface area contributed by atoms with Gasteiger partial charge < -0.3 is 10.2 Å². The van der Waals surface area contributed by atoms with E-state index in [1.165, 1.54) is 0 Å². The molecule has 3 rings (SSSR count). The van der Waals surface area contributed by atoms with Gasteiger partial charge >= 0.3 is 0 Å². The van der Waals surface area contributed by atoms with Crippen LogP contribution in [-0.2, 0) is 10.3 Å². The van der Waals surface area contributed by atoms with Crippen molar-refractivity contribution in [2.24, 2.45) is 0 Å². The molecule has 4 nitrogen and oxygen atoms in total. The Labute approximate surface area is 167 Å². The summed E-state index contributed by atoms with van der Waals surface area (Å²) in [4.78, 5) is 20.5. The SMILES string of the molecule is C#CCCCN1c2ccccc2C(=C)C1(C(=O)NC(C)(C)C)c1ccccn1. The molecule has 28 heavy (non-hydrogen) atoms. The van der Waals surface area contributed by atoms with Gasteiger partial charge in [-0.3, -0.25) is 9.78 Å². The maximum absolute atomic E-state index is 13.8. The number of pyridine rings is 1. The van der Waals surface area contributed by atoms with Crippen molar-refractivity contribution in [1.82, 2.24) is 10.3 Å². The summed E-state index contributed by atoms with van der Waals surface area (Å²) in [7, 11) is 0. The molecule has 4 heteroatoms. The van der Waals surface area contributed by atoms with Crippen LogP contribution in [-0.4, -0.2) is 23.0 Å². The first kappa shape index (κ1) is 19.7. The molecule has 0 fully saturated rings. The van der Waals surface area contributed by atoms with Gasteiger partial charge in [0.1, 0.15) is 0 Å². The Morgan fingerprint density at radius 1 is 1.25 bits per heavy atom. The summed E-state index contributed by atoms with van der Waals surface area (Å²) in [6, 6.07) is 13.7. The molecule has 2 heterocycles. The number of hydrogen-bond donors (Lipinski definition) is 1. The number of aromatic nitrogens is 1. The van der Waals surface area contributed by atoms with E-state index in [-0.39, 0.29) is 5.91 Å². The second-order valence-corrected chi connectivity index (χ2v) is 8.08. The summed E-state index contributed by atoms with van der Waals surface area (Å²) in [6.07, 6.45) is 8.62. The van der Waals surface area contributed by atoms with E-state index >= 15 is 0 Å². The highest BCUT2D eigenvalue weighted by molar-refractivity contribution is 6.09. The smallest absolute Gasteiger partial charge is 0.257 e. The maximum Gasteiger partial charge on any atom is 0.257 e.